The molecular weight excluding hydrogens is 210 g/mol. The lowest BCUT2D eigenvalue weighted by Gasteiger charge is -2.34. The van der Waals surface area contributed by atoms with E-state index in [4.69, 9.17) is 5.73 Å². The number of rotatable bonds is 8. The monoisotopic (exact) mass is 239 g/mol. The van der Waals surface area contributed by atoms with Crippen LogP contribution in [0.15, 0.2) is 0 Å². The van der Waals surface area contributed by atoms with Crippen molar-refractivity contribution in [3.05, 3.63) is 0 Å². The second-order valence-corrected chi connectivity index (χ2v) is 5.76. The number of nitrogens with two attached hydrogens (primary N) is 1. The zero-order chi connectivity index (χ0) is 11.9. The van der Waals surface area contributed by atoms with Crippen molar-refractivity contribution in [2.24, 2.45) is 11.7 Å². The minimum absolute atomic E-state index is 0.856. The van der Waals surface area contributed by atoms with E-state index in [-0.39, 0.29) is 0 Å². The average Bonchev–Trinajstić information content (AvgIpc) is 3.18. The predicted molar refractivity (Wildman–Crippen MR) is 73.1 cm³/mol. The number of nitrogens with zero attached hydrogens (tertiary/aromatic N) is 2. The Morgan fingerprint density at radius 2 is 1.47 bits per heavy atom. The van der Waals surface area contributed by atoms with E-state index in [0.717, 1.165) is 12.5 Å². The summed E-state index contributed by atoms with van der Waals surface area (Å²) in [7, 11) is 0. The van der Waals surface area contributed by atoms with Gasteiger partial charge in [0.25, 0.3) is 0 Å². The zero-order valence-electron chi connectivity index (χ0n) is 11.2. The van der Waals surface area contributed by atoms with Gasteiger partial charge in [-0.25, -0.2) is 0 Å². The van der Waals surface area contributed by atoms with Gasteiger partial charge in [-0.1, -0.05) is 19.3 Å². The summed E-state index contributed by atoms with van der Waals surface area (Å²) in [6.07, 6.45) is 8.29. The molecule has 2 fully saturated rings. The van der Waals surface area contributed by atoms with Crippen molar-refractivity contribution in [2.45, 2.75) is 38.5 Å². The molecule has 0 bridgehead atoms. The van der Waals surface area contributed by atoms with Gasteiger partial charge >= 0.3 is 0 Å². The Labute approximate surface area is 106 Å². The van der Waals surface area contributed by atoms with Crippen molar-refractivity contribution in [3.8, 4) is 0 Å². The molecule has 0 aromatic heterocycles. The van der Waals surface area contributed by atoms with Crippen LogP contribution in [0, 0.1) is 5.92 Å². The first kappa shape index (κ1) is 13.3. The first-order valence-electron chi connectivity index (χ1n) is 7.53. The summed E-state index contributed by atoms with van der Waals surface area (Å²) < 4.78 is 0. The zero-order valence-corrected chi connectivity index (χ0v) is 11.2. The van der Waals surface area contributed by atoms with Crippen molar-refractivity contribution in [3.63, 3.8) is 0 Å². The van der Waals surface area contributed by atoms with Gasteiger partial charge in [0.1, 0.15) is 0 Å². The van der Waals surface area contributed by atoms with Crippen molar-refractivity contribution in [1.29, 1.82) is 0 Å². The number of unbranched alkanes of at least 4 members (excludes halogenated alkanes) is 2. The Balaban J connectivity index is 1.48. The summed E-state index contributed by atoms with van der Waals surface area (Å²) >= 11 is 0. The van der Waals surface area contributed by atoms with Crippen LogP contribution < -0.4 is 5.73 Å². The van der Waals surface area contributed by atoms with Crippen LogP contribution >= 0.6 is 0 Å². The minimum Gasteiger partial charge on any atom is -0.330 e. The molecule has 0 aromatic rings. The molecular formula is C14H29N3. The summed E-state index contributed by atoms with van der Waals surface area (Å²) in [5.74, 6) is 1.09. The first-order valence-corrected chi connectivity index (χ1v) is 7.53. The van der Waals surface area contributed by atoms with Gasteiger partial charge in [-0.3, -0.25) is 0 Å². The molecule has 0 atom stereocenters. The molecule has 1 aliphatic heterocycles. The van der Waals surface area contributed by atoms with Crippen LogP contribution in [0.4, 0.5) is 0 Å². The van der Waals surface area contributed by atoms with Gasteiger partial charge in [-0.2, -0.15) is 0 Å². The molecule has 3 heteroatoms. The standard InChI is InChI=1S/C14H29N3/c15-7-2-1-3-8-16-10-12-17(13-11-16)9-6-14-4-5-14/h14H,1-13,15H2. The van der Waals surface area contributed by atoms with Crippen LogP contribution in [0.2, 0.25) is 0 Å². The quantitative estimate of drug-likeness (QED) is 0.652. The third kappa shape index (κ3) is 5.36. The van der Waals surface area contributed by atoms with Crippen molar-refractivity contribution >= 4 is 0 Å². The van der Waals surface area contributed by atoms with E-state index < -0.39 is 0 Å². The lowest BCUT2D eigenvalue weighted by atomic mass is 10.2. The second-order valence-electron chi connectivity index (χ2n) is 5.76. The molecule has 17 heavy (non-hydrogen) atoms. The summed E-state index contributed by atoms with van der Waals surface area (Å²) in [5.41, 5.74) is 5.51. The average molecular weight is 239 g/mol. The maximum Gasteiger partial charge on any atom is 0.0110 e. The van der Waals surface area contributed by atoms with Gasteiger partial charge in [0.2, 0.25) is 0 Å². The highest BCUT2D eigenvalue weighted by Gasteiger charge is 2.23. The third-order valence-corrected chi connectivity index (χ3v) is 4.19. The molecule has 0 aromatic carbocycles. The fraction of sp³-hybridized carbons (Fsp3) is 1.00. The van der Waals surface area contributed by atoms with Crippen LogP contribution in [-0.2, 0) is 0 Å². The van der Waals surface area contributed by atoms with Crippen molar-refractivity contribution in [1.82, 2.24) is 9.80 Å². The molecule has 1 aliphatic carbocycles. The fourth-order valence-corrected chi connectivity index (χ4v) is 2.66. The van der Waals surface area contributed by atoms with Crippen molar-refractivity contribution in [2.75, 3.05) is 45.8 Å². The maximum absolute atomic E-state index is 5.51. The molecule has 0 amide bonds. The Bertz CT molecular complexity index is 196. The number of hydrogen-bond acceptors (Lipinski definition) is 3. The Hall–Kier alpha value is -0.120. The molecule has 0 radical (unpaired) electrons. The van der Waals surface area contributed by atoms with E-state index >= 15 is 0 Å². The molecule has 0 unspecified atom stereocenters. The van der Waals surface area contributed by atoms with Crippen LogP contribution in [0.5, 0.6) is 0 Å². The van der Waals surface area contributed by atoms with E-state index in [2.05, 4.69) is 9.80 Å². The smallest absolute Gasteiger partial charge is 0.0110 e. The van der Waals surface area contributed by atoms with Crippen molar-refractivity contribution < 1.29 is 0 Å². The first-order chi connectivity index (χ1) is 8.38. The van der Waals surface area contributed by atoms with E-state index in [1.807, 2.05) is 0 Å². The molecule has 0 spiro atoms. The third-order valence-electron chi connectivity index (χ3n) is 4.19. The minimum atomic E-state index is 0.856. The van der Waals surface area contributed by atoms with Crippen LogP contribution in [0.25, 0.3) is 0 Å². The summed E-state index contributed by atoms with van der Waals surface area (Å²) in [5, 5.41) is 0. The lowest BCUT2D eigenvalue weighted by molar-refractivity contribution is 0.128. The van der Waals surface area contributed by atoms with Gasteiger partial charge in [-0.15, -0.1) is 0 Å². The highest BCUT2D eigenvalue weighted by Crippen LogP contribution is 2.32. The van der Waals surface area contributed by atoms with Gasteiger partial charge in [-0.05, 0) is 44.8 Å². The highest BCUT2D eigenvalue weighted by molar-refractivity contribution is 4.77. The molecule has 1 saturated heterocycles. The van der Waals surface area contributed by atoms with Crippen LogP contribution in [0.1, 0.15) is 38.5 Å². The molecule has 1 saturated carbocycles. The second kappa shape index (κ2) is 7.34. The topological polar surface area (TPSA) is 32.5 Å². The number of hydrogen-bond donors (Lipinski definition) is 1. The Kier molecular flexibility index (Phi) is 5.75. The lowest BCUT2D eigenvalue weighted by Crippen LogP contribution is -2.46. The molecule has 2 rings (SSSR count). The fourth-order valence-electron chi connectivity index (χ4n) is 2.66. The van der Waals surface area contributed by atoms with Gasteiger partial charge in [0, 0.05) is 26.2 Å². The van der Waals surface area contributed by atoms with Crippen LogP contribution in [0.3, 0.4) is 0 Å². The SMILES string of the molecule is NCCCCCN1CCN(CCC2CC2)CC1. The molecule has 1 heterocycles. The maximum atomic E-state index is 5.51. The predicted octanol–water partition coefficient (Wildman–Crippen LogP) is 1.53. The summed E-state index contributed by atoms with van der Waals surface area (Å²) in [4.78, 5) is 5.29. The molecule has 3 nitrogen and oxygen atoms in total. The Morgan fingerprint density at radius 3 is 2.06 bits per heavy atom. The largest absolute Gasteiger partial charge is 0.330 e. The molecule has 2 aliphatic rings. The molecule has 2 N–H and O–H groups in total. The van der Waals surface area contributed by atoms with Crippen LogP contribution in [-0.4, -0.2) is 55.6 Å². The van der Waals surface area contributed by atoms with Gasteiger partial charge < -0.3 is 15.5 Å². The summed E-state index contributed by atoms with van der Waals surface area (Å²) in [6, 6.07) is 0. The van der Waals surface area contributed by atoms with E-state index in [1.165, 1.54) is 77.8 Å². The van der Waals surface area contributed by atoms with Gasteiger partial charge in [0.15, 0.2) is 0 Å². The Morgan fingerprint density at radius 1 is 0.824 bits per heavy atom. The molecule has 100 valence electrons. The number of piperazine rings is 1. The van der Waals surface area contributed by atoms with E-state index in [9.17, 15) is 0 Å². The highest BCUT2D eigenvalue weighted by atomic mass is 15.3. The van der Waals surface area contributed by atoms with Gasteiger partial charge in [0.05, 0.1) is 0 Å². The van der Waals surface area contributed by atoms with E-state index in [1.54, 1.807) is 0 Å². The van der Waals surface area contributed by atoms with E-state index in [0.29, 0.717) is 0 Å². The summed E-state index contributed by atoms with van der Waals surface area (Å²) in [6.45, 7) is 8.66. The normalized spacial score (nSPS) is 23.1.